The molecule has 4 nitrogen and oxygen atoms in total. The molecule has 0 aromatic rings. The van der Waals surface area contributed by atoms with Crippen LogP contribution in [0.1, 0.15) is 39.5 Å². The number of hydrogen-bond acceptors (Lipinski definition) is 3. The first kappa shape index (κ1) is 16.5. The smallest absolute Gasteiger partial charge is 0.368 e. The molecule has 0 aromatic heterocycles. The lowest BCUT2D eigenvalue weighted by molar-refractivity contribution is -0.154. The highest BCUT2D eigenvalue weighted by Crippen LogP contribution is 2.42. The minimum atomic E-state index is -4.28. The predicted octanol–water partition coefficient (Wildman–Crippen LogP) is 1.65. The zero-order valence-corrected chi connectivity index (χ0v) is 12.5. The van der Waals surface area contributed by atoms with Crippen LogP contribution in [0.4, 0.5) is 13.2 Å². The van der Waals surface area contributed by atoms with Crippen LogP contribution in [0.25, 0.3) is 0 Å². The van der Waals surface area contributed by atoms with Gasteiger partial charge in [0.25, 0.3) is 0 Å². The normalized spacial score (nSPS) is 22.6. The molecule has 0 bridgehead atoms. The Morgan fingerprint density at radius 2 is 1.81 bits per heavy atom. The van der Waals surface area contributed by atoms with E-state index < -0.39 is 24.2 Å². The molecule has 0 saturated heterocycles. The lowest BCUT2D eigenvalue weighted by atomic mass is 9.90. The molecule has 0 aromatic carbocycles. The fourth-order valence-electron chi connectivity index (χ4n) is 2.78. The molecule has 2 saturated carbocycles. The molecule has 0 aliphatic heterocycles. The van der Waals surface area contributed by atoms with Gasteiger partial charge in [-0.25, -0.2) is 0 Å². The van der Waals surface area contributed by atoms with Crippen molar-refractivity contribution < 1.29 is 18.0 Å². The van der Waals surface area contributed by atoms with Crippen molar-refractivity contribution in [2.45, 2.75) is 63.3 Å². The Morgan fingerprint density at radius 1 is 1.24 bits per heavy atom. The number of nitrogens with zero attached hydrogens (tertiary/aromatic N) is 1. The lowest BCUT2D eigenvalue weighted by Gasteiger charge is -2.39. The predicted molar refractivity (Wildman–Crippen MR) is 73.6 cm³/mol. The van der Waals surface area contributed by atoms with Gasteiger partial charge in [0.1, 0.15) is 5.54 Å². The third-order valence-electron chi connectivity index (χ3n) is 4.32. The number of amides is 1. The van der Waals surface area contributed by atoms with E-state index in [2.05, 4.69) is 5.32 Å². The standard InChI is InChI=1S/C14H24F3N3O/c1-9(2)20(8-14(15,16)17)7-13(12(18)21,10-3-4-10)19-11-5-6-11/h9-11,19H,3-8H2,1-2H3,(H2,18,21). The average molecular weight is 307 g/mol. The Bertz CT molecular complexity index is 391. The highest BCUT2D eigenvalue weighted by molar-refractivity contribution is 5.86. The SMILES string of the molecule is CC(C)N(CC(F)(F)F)CC(NC1CC1)(C(N)=O)C1CC1. The van der Waals surface area contributed by atoms with Crippen LogP contribution < -0.4 is 11.1 Å². The summed E-state index contributed by atoms with van der Waals surface area (Å²) in [6.07, 6.45) is -0.663. The number of nitrogens with one attached hydrogen (secondary N) is 1. The van der Waals surface area contributed by atoms with E-state index in [9.17, 15) is 18.0 Å². The Morgan fingerprint density at radius 3 is 2.14 bits per heavy atom. The van der Waals surface area contributed by atoms with Crippen LogP contribution in [-0.2, 0) is 4.79 Å². The van der Waals surface area contributed by atoms with Gasteiger partial charge < -0.3 is 5.73 Å². The van der Waals surface area contributed by atoms with E-state index in [4.69, 9.17) is 5.73 Å². The van der Waals surface area contributed by atoms with Crippen molar-refractivity contribution in [2.75, 3.05) is 13.1 Å². The maximum Gasteiger partial charge on any atom is 0.401 e. The summed E-state index contributed by atoms with van der Waals surface area (Å²) in [5.74, 6) is -0.463. The Kier molecular flexibility index (Phi) is 4.54. The Hall–Kier alpha value is -0.820. The van der Waals surface area contributed by atoms with Crippen molar-refractivity contribution in [3.63, 3.8) is 0 Å². The topological polar surface area (TPSA) is 58.4 Å². The van der Waals surface area contributed by atoms with E-state index in [1.54, 1.807) is 13.8 Å². The molecule has 0 heterocycles. The molecule has 7 heteroatoms. The first-order chi connectivity index (χ1) is 9.64. The number of carbonyl (C=O) groups is 1. The highest BCUT2D eigenvalue weighted by atomic mass is 19.4. The summed E-state index contributed by atoms with van der Waals surface area (Å²) in [6.45, 7) is 2.43. The van der Waals surface area contributed by atoms with Crippen molar-refractivity contribution in [1.82, 2.24) is 10.2 Å². The third kappa shape index (κ3) is 4.32. The van der Waals surface area contributed by atoms with Crippen LogP contribution in [0.3, 0.4) is 0 Å². The fourth-order valence-corrected chi connectivity index (χ4v) is 2.78. The molecular formula is C14H24F3N3O. The maximum absolute atomic E-state index is 12.8. The van der Waals surface area contributed by atoms with Crippen molar-refractivity contribution in [2.24, 2.45) is 11.7 Å². The van der Waals surface area contributed by atoms with Crippen molar-refractivity contribution >= 4 is 5.91 Å². The molecule has 0 spiro atoms. The van der Waals surface area contributed by atoms with Crippen LogP contribution in [0.2, 0.25) is 0 Å². The minimum absolute atomic E-state index is 0.0284. The first-order valence-electron chi connectivity index (χ1n) is 7.52. The summed E-state index contributed by atoms with van der Waals surface area (Å²) in [5, 5.41) is 3.25. The highest BCUT2D eigenvalue weighted by Gasteiger charge is 2.53. The van der Waals surface area contributed by atoms with Gasteiger partial charge in [-0.15, -0.1) is 0 Å². The molecule has 21 heavy (non-hydrogen) atoms. The van der Waals surface area contributed by atoms with Crippen molar-refractivity contribution in [3.05, 3.63) is 0 Å². The second-order valence-corrected chi connectivity index (χ2v) is 6.64. The van der Waals surface area contributed by atoms with Gasteiger partial charge in [-0.05, 0) is 45.4 Å². The number of primary amides is 1. The number of halogens is 3. The van der Waals surface area contributed by atoms with Crippen LogP contribution in [0, 0.1) is 5.92 Å². The van der Waals surface area contributed by atoms with Gasteiger partial charge >= 0.3 is 6.18 Å². The second kappa shape index (κ2) is 5.76. The van der Waals surface area contributed by atoms with Gasteiger partial charge in [-0.3, -0.25) is 15.0 Å². The monoisotopic (exact) mass is 307 g/mol. The van der Waals surface area contributed by atoms with Crippen LogP contribution >= 0.6 is 0 Å². The van der Waals surface area contributed by atoms with E-state index in [1.807, 2.05) is 0 Å². The molecule has 2 aliphatic carbocycles. The number of hydrogen-bond donors (Lipinski definition) is 2. The van der Waals surface area contributed by atoms with E-state index in [1.165, 1.54) is 4.90 Å². The molecule has 2 rings (SSSR count). The summed E-state index contributed by atoms with van der Waals surface area (Å²) in [6, 6.07) is -0.0805. The van der Waals surface area contributed by atoms with E-state index in [0.717, 1.165) is 25.7 Å². The number of nitrogens with two attached hydrogens (primary N) is 1. The van der Waals surface area contributed by atoms with Gasteiger partial charge in [0.05, 0.1) is 6.54 Å². The second-order valence-electron chi connectivity index (χ2n) is 6.64. The molecule has 1 amide bonds. The molecule has 122 valence electrons. The van der Waals surface area contributed by atoms with E-state index >= 15 is 0 Å². The van der Waals surface area contributed by atoms with Gasteiger partial charge in [-0.1, -0.05) is 0 Å². The summed E-state index contributed by atoms with van der Waals surface area (Å²) >= 11 is 0. The van der Waals surface area contributed by atoms with Crippen molar-refractivity contribution in [1.29, 1.82) is 0 Å². The Balaban J connectivity index is 2.16. The maximum atomic E-state index is 12.8. The summed E-state index contributed by atoms with van der Waals surface area (Å²) in [7, 11) is 0. The quantitative estimate of drug-likeness (QED) is 0.717. The average Bonchev–Trinajstić information content (AvgIpc) is 3.18. The summed E-state index contributed by atoms with van der Waals surface area (Å²) in [5.41, 5.74) is 4.57. The molecule has 3 N–H and O–H groups in total. The van der Waals surface area contributed by atoms with Gasteiger partial charge in [0.15, 0.2) is 0 Å². The summed E-state index contributed by atoms with van der Waals surface area (Å²) in [4.78, 5) is 13.3. The molecular weight excluding hydrogens is 283 g/mol. The fraction of sp³-hybridized carbons (Fsp3) is 0.929. The van der Waals surface area contributed by atoms with Gasteiger partial charge in [0, 0.05) is 18.6 Å². The zero-order chi connectivity index (χ0) is 15.8. The first-order valence-corrected chi connectivity index (χ1v) is 7.52. The number of alkyl halides is 3. The molecule has 1 unspecified atom stereocenters. The third-order valence-corrected chi connectivity index (χ3v) is 4.32. The van der Waals surface area contributed by atoms with Gasteiger partial charge in [-0.2, -0.15) is 13.2 Å². The minimum Gasteiger partial charge on any atom is -0.368 e. The molecule has 1 atom stereocenters. The van der Waals surface area contributed by atoms with Crippen LogP contribution in [0.15, 0.2) is 0 Å². The number of carbonyl (C=O) groups excluding carboxylic acids is 1. The largest absolute Gasteiger partial charge is 0.401 e. The molecule has 2 fully saturated rings. The van der Waals surface area contributed by atoms with Gasteiger partial charge in [0.2, 0.25) is 5.91 Å². The Labute approximate surface area is 123 Å². The summed E-state index contributed by atoms with van der Waals surface area (Å²) < 4.78 is 38.3. The zero-order valence-electron chi connectivity index (χ0n) is 12.5. The van der Waals surface area contributed by atoms with Crippen LogP contribution in [0.5, 0.6) is 0 Å². The lowest BCUT2D eigenvalue weighted by Crippen LogP contribution is -2.65. The number of rotatable bonds is 8. The van der Waals surface area contributed by atoms with E-state index in [0.29, 0.717) is 0 Å². The molecule has 2 aliphatic rings. The molecule has 0 radical (unpaired) electrons. The van der Waals surface area contributed by atoms with E-state index in [-0.39, 0.29) is 24.5 Å². The van der Waals surface area contributed by atoms with Crippen molar-refractivity contribution in [3.8, 4) is 0 Å². The van der Waals surface area contributed by atoms with Crippen LogP contribution in [-0.4, -0.2) is 47.7 Å².